The van der Waals surface area contributed by atoms with Crippen molar-refractivity contribution in [3.05, 3.63) is 72.2 Å². The van der Waals surface area contributed by atoms with Crippen molar-refractivity contribution in [2.24, 2.45) is 0 Å². The summed E-state index contributed by atoms with van der Waals surface area (Å²) < 4.78 is 17.9. The minimum absolute atomic E-state index is 0.0931. The molecule has 5 rings (SSSR count). The van der Waals surface area contributed by atoms with Crippen LogP contribution in [-0.2, 0) is 4.74 Å². The molecule has 3 aromatic rings. The van der Waals surface area contributed by atoms with Gasteiger partial charge in [-0.05, 0) is 80.5 Å². The zero-order chi connectivity index (χ0) is 21.9. The molecule has 1 N–H and O–H groups in total. The standard InChI is InChI=1S/C25H27N3O3S/c1-2-29-18-10-8-17(9-11-18)21-12-13-22(31-21)24-23(20-7-3-4-14-26-20)27-25(32)28(24)16-19-6-5-15-30-19/h3-4,7-14,19,23-24H,2,5-6,15-16H2,1H3,(H,27,32)/t19-,23+,24-/m0/s1. The van der Waals surface area contributed by atoms with Crippen molar-refractivity contribution >= 4 is 17.3 Å². The molecule has 2 aliphatic rings. The van der Waals surface area contributed by atoms with E-state index in [1.807, 2.05) is 67.7 Å². The van der Waals surface area contributed by atoms with Crippen LogP contribution >= 0.6 is 12.2 Å². The summed E-state index contributed by atoms with van der Waals surface area (Å²) >= 11 is 5.74. The van der Waals surface area contributed by atoms with Crippen LogP contribution in [0, 0.1) is 0 Å². The fraction of sp³-hybridized carbons (Fsp3) is 0.360. The first-order chi connectivity index (χ1) is 15.7. The number of hydrogen-bond acceptors (Lipinski definition) is 5. The Morgan fingerprint density at radius 2 is 2.03 bits per heavy atom. The molecule has 2 saturated heterocycles. The Hall–Kier alpha value is -2.90. The molecule has 0 radical (unpaired) electrons. The lowest BCUT2D eigenvalue weighted by atomic mass is 10.0. The zero-order valence-corrected chi connectivity index (χ0v) is 18.9. The molecule has 4 heterocycles. The Bertz CT molecular complexity index is 1050. The molecule has 6 nitrogen and oxygen atoms in total. The maximum atomic E-state index is 6.40. The summed E-state index contributed by atoms with van der Waals surface area (Å²) in [4.78, 5) is 6.79. The first kappa shape index (κ1) is 21.0. The van der Waals surface area contributed by atoms with Gasteiger partial charge in [0.1, 0.15) is 23.3 Å². The predicted octanol–water partition coefficient (Wildman–Crippen LogP) is 4.89. The van der Waals surface area contributed by atoms with Crippen LogP contribution in [0.3, 0.4) is 0 Å². The van der Waals surface area contributed by atoms with Gasteiger partial charge in [0.05, 0.1) is 24.4 Å². The number of pyridine rings is 1. The van der Waals surface area contributed by atoms with Gasteiger partial charge in [-0.1, -0.05) is 6.07 Å². The molecule has 0 bridgehead atoms. The van der Waals surface area contributed by atoms with Crippen molar-refractivity contribution in [2.45, 2.75) is 38.0 Å². The number of hydrogen-bond donors (Lipinski definition) is 1. The Labute approximate surface area is 193 Å². The second-order valence-electron chi connectivity index (χ2n) is 8.07. The van der Waals surface area contributed by atoms with Gasteiger partial charge in [-0.3, -0.25) is 4.98 Å². The largest absolute Gasteiger partial charge is 0.494 e. The Kier molecular flexibility index (Phi) is 6.10. The van der Waals surface area contributed by atoms with Gasteiger partial charge in [0.2, 0.25) is 0 Å². The van der Waals surface area contributed by atoms with E-state index in [9.17, 15) is 0 Å². The van der Waals surface area contributed by atoms with E-state index in [1.165, 1.54) is 0 Å². The van der Waals surface area contributed by atoms with Crippen LogP contribution in [0.15, 0.2) is 65.2 Å². The molecule has 32 heavy (non-hydrogen) atoms. The quantitative estimate of drug-likeness (QED) is 0.515. The third-order valence-electron chi connectivity index (χ3n) is 5.99. The van der Waals surface area contributed by atoms with E-state index >= 15 is 0 Å². The monoisotopic (exact) mass is 449 g/mol. The summed E-state index contributed by atoms with van der Waals surface area (Å²) in [5, 5.41) is 4.18. The van der Waals surface area contributed by atoms with E-state index < -0.39 is 0 Å². The second kappa shape index (κ2) is 9.30. The van der Waals surface area contributed by atoms with E-state index in [1.54, 1.807) is 0 Å². The lowest BCUT2D eigenvalue weighted by Crippen LogP contribution is -2.36. The molecule has 2 fully saturated rings. The van der Waals surface area contributed by atoms with Gasteiger partial charge in [0.25, 0.3) is 0 Å². The second-order valence-corrected chi connectivity index (χ2v) is 8.46. The summed E-state index contributed by atoms with van der Waals surface area (Å²) in [5.41, 5.74) is 1.95. The highest BCUT2D eigenvalue weighted by Crippen LogP contribution is 2.41. The third-order valence-corrected chi connectivity index (χ3v) is 6.34. The molecule has 166 valence electrons. The molecule has 0 saturated carbocycles. The molecule has 0 unspecified atom stereocenters. The lowest BCUT2D eigenvalue weighted by molar-refractivity contribution is 0.0818. The number of nitrogens with zero attached hydrogens (tertiary/aromatic N) is 2. The summed E-state index contributed by atoms with van der Waals surface area (Å²) in [6.45, 7) is 4.18. The molecule has 0 aliphatic carbocycles. The smallest absolute Gasteiger partial charge is 0.170 e. The Morgan fingerprint density at radius 1 is 1.16 bits per heavy atom. The van der Waals surface area contributed by atoms with Crippen molar-refractivity contribution in [1.82, 2.24) is 15.2 Å². The molecular weight excluding hydrogens is 422 g/mol. The number of aromatic nitrogens is 1. The SMILES string of the molecule is CCOc1ccc(-c2ccc([C@H]3[C@@H](c4ccccn4)NC(=S)N3C[C@@H]3CCCO3)o2)cc1. The molecule has 3 atom stereocenters. The normalized spacial score (nSPS) is 22.8. The van der Waals surface area contributed by atoms with Gasteiger partial charge in [-0.15, -0.1) is 0 Å². The molecule has 2 aromatic heterocycles. The van der Waals surface area contributed by atoms with Crippen LogP contribution in [0.2, 0.25) is 0 Å². The van der Waals surface area contributed by atoms with Crippen molar-refractivity contribution in [3.8, 4) is 17.1 Å². The van der Waals surface area contributed by atoms with Crippen LogP contribution in [0.5, 0.6) is 5.75 Å². The van der Waals surface area contributed by atoms with Gasteiger partial charge in [-0.25, -0.2) is 0 Å². The van der Waals surface area contributed by atoms with Crippen LogP contribution in [0.1, 0.15) is 43.3 Å². The van der Waals surface area contributed by atoms with Gasteiger partial charge in [0.15, 0.2) is 5.11 Å². The Morgan fingerprint density at radius 3 is 2.75 bits per heavy atom. The molecule has 7 heteroatoms. The van der Waals surface area contributed by atoms with Crippen molar-refractivity contribution < 1.29 is 13.9 Å². The number of benzene rings is 1. The third kappa shape index (κ3) is 4.23. The minimum Gasteiger partial charge on any atom is -0.494 e. The number of nitrogens with one attached hydrogen (secondary N) is 1. The van der Waals surface area contributed by atoms with Crippen molar-refractivity contribution in [1.29, 1.82) is 0 Å². The van der Waals surface area contributed by atoms with Gasteiger partial charge in [-0.2, -0.15) is 0 Å². The summed E-state index contributed by atoms with van der Waals surface area (Å²) in [7, 11) is 0. The molecule has 0 spiro atoms. The number of ether oxygens (including phenoxy) is 2. The van der Waals surface area contributed by atoms with Gasteiger partial charge < -0.3 is 24.1 Å². The topological polar surface area (TPSA) is 59.8 Å². The van der Waals surface area contributed by atoms with Crippen LogP contribution in [0.25, 0.3) is 11.3 Å². The number of furan rings is 1. The molecule has 0 amide bonds. The predicted molar refractivity (Wildman–Crippen MR) is 126 cm³/mol. The van der Waals surface area contributed by atoms with E-state index in [0.717, 1.165) is 54.5 Å². The first-order valence-electron chi connectivity index (χ1n) is 11.2. The summed E-state index contributed by atoms with van der Waals surface area (Å²) in [5.74, 6) is 2.53. The highest BCUT2D eigenvalue weighted by molar-refractivity contribution is 7.80. The zero-order valence-electron chi connectivity index (χ0n) is 18.1. The minimum atomic E-state index is -0.0990. The van der Waals surface area contributed by atoms with Crippen molar-refractivity contribution in [2.75, 3.05) is 19.8 Å². The maximum absolute atomic E-state index is 6.40. The summed E-state index contributed by atoms with van der Waals surface area (Å²) in [6, 6.07) is 17.8. The van der Waals surface area contributed by atoms with Gasteiger partial charge in [0, 0.05) is 24.9 Å². The van der Waals surface area contributed by atoms with E-state index in [4.69, 9.17) is 26.1 Å². The Balaban J connectivity index is 1.46. The fourth-order valence-electron chi connectivity index (χ4n) is 4.47. The van der Waals surface area contributed by atoms with Gasteiger partial charge >= 0.3 is 0 Å². The van der Waals surface area contributed by atoms with Crippen molar-refractivity contribution in [3.63, 3.8) is 0 Å². The average molecular weight is 450 g/mol. The number of rotatable bonds is 7. The molecule has 2 aliphatic heterocycles. The van der Waals surface area contributed by atoms with Crippen LogP contribution < -0.4 is 10.1 Å². The highest BCUT2D eigenvalue weighted by Gasteiger charge is 2.42. The summed E-state index contributed by atoms with van der Waals surface area (Å²) in [6.07, 6.45) is 4.14. The molecule has 1 aromatic carbocycles. The van der Waals surface area contributed by atoms with Crippen LogP contribution in [-0.4, -0.2) is 40.9 Å². The lowest BCUT2D eigenvalue weighted by Gasteiger charge is -2.28. The average Bonchev–Trinajstić information content (AvgIpc) is 3.57. The van der Waals surface area contributed by atoms with E-state index in [0.29, 0.717) is 11.7 Å². The van der Waals surface area contributed by atoms with Crippen LogP contribution in [0.4, 0.5) is 0 Å². The highest BCUT2D eigenvalue weighted by atomic mass is 32.1. The molecular formula is C25H27N3O3S. The first-order valence-corrected chi connectivity index (χ1v) is 11.6. The maximum Gasteiger partial charge on any atom is 0.170 e. The number of thiocarbonyl (C=S) groups is 1. The fourth-order valence-corrected chi connectivity index (χ4v) is 4.78. The van der Waals surface area contributed by atoms with E-state index in [-0.39, 0.29) is 18.2 Å². The van der Waals surface area contributed by atoms with E-state index in [2.05, 4.69) is 15.2 Å².